The van der Waals surface area contributed by atoms with E-state index in [1.165, 1.54) is 0 Å². The molecule has 0 fully saturated rings. The molecule has 0 radical (unpaired) electrons. The number of ether oxygens (including phenoxy) is 2. The average Bonchev–Trinajstić information content (AvgIpc) is 2.39. The van der Waals surface area contributed by atoms with Gasteiger partial charge in [0.1, 0.15) is 19.3 Å². The molecule has 0 saturated carbocycles. The summed E-state index contributed by atoms with van der Waals surface area (Å²) in [5, 5.41) is 43.6. The van der Waals surface area contributed by atoms with Crippen LogP contribution in [-0.2, 0) is 19.1 Å². The minimum Gasteiger partial charge on any atom is -0.461 e. The SMILES string of the molecule is O=C(OCC(O)COC(=O)C(O)CO)C(O)CO. The monoisotopic (exact) mass is 268 g/mol. The molecule has 9 heteroatoms. The second-order valence-corrected chi connectivity index (χ2v) is 3.31. The Bertz CT molecular complexity index is 241. The number of esters is 2. The maximum absolute atomic E-state index is 10.8. The fourth-order valence-corrected chi connectivity index (χ4v) is 0.746. The lowest BCUT2D eigenvalue weighted by molar-refractivity contribution is -0.164. The third kappa shape index (κ3) is 6.47. The molecule has 18 heavy (non-hydrogen) atoms. The standard InChI is InChI=1S/C9H16O9/c10-1-6(13)8(15)17-3-5(12)4-18-9(16)7(14)2-11/h5-7,10-14H,1-4H2. The van der Waals surface area contributed by atoms with E-state index in [0.29, 0.717) is 0 Å². The number of aliphatic hydroxyl groups is 5. The second kappa shape index (κ2) is 8.78. The summed E-state index contributed by atoms with van der Waals surface area (Å²) in [5.41, 5.74) is 0. The van der Waals surface area contributed by atoms with Crippen LogP contribution in [-0.4, -0.2) is 82.2 Å². The van der Waals surface area contributed by atoms with Crippen molar-refractivity contribution in [3.63, 3.8) is 0 Å². The fourth-order valence-electron chi connectivity index (χ4n) is 0.746. The van der Waals surface area contributed by atoms with Crippen molar-refractivity contribution in [2.45, 2.75) is 18.3 Å². The maximum atomic E-state index is 10.8. The first-order chi connectivity index (χ1) is 8.42. The number of aliphatic hydroxyl groups excluding tert-OH is 5. The van der Waals surface area contributed by atoms with E-state index in [1.54, 1.807) is 0 Å². The quantitative estimate of drug-likeness (QED) is 0.278. The lowest BCUT2D eigenvalue weighted by atomic mass is 10.3. The van der Waals surface area contributed by atoms with Gasteiger partial charge in [0.05, 0.1) is 13.2 Å². The zero-order valence-corrected chi connectivity index (χ0v) is 9.43. The molecule has 0 aromatic carbocycles. The van der Waals surface area contributed by atoms with Gasteiger partial charge in [-0.25, -0.2) is 9.59 Å². The van der Waals surface area contributed by atoms with Gasteiger partial charge in [-0.05, 0) is 0 Å². The summed E-state index contributed by atoms with van der Waals surface area (Å²) < 4.78 is 8.75. The van der Waals surface area contributed by atoms with E-state index in [-0.39, 0.29) is 0 Å². The van der Waals surface area contributed by atoms with Crippen molar-refractivity contribution < 1.29 is 44.6 Å². The summed E-state index contributed by atoms with van der Waals surface area (Å²) in [5.74, 6) is -2.25. The number of rotatable bonds is 8. The van der Waals surface area contributed by atoms with E-state index in [2.05, 4.69) is 9.47 Å². The normalized spacial score (nSPS) is 15.6. The molecule has 0 spiro atoms. The van der Waals surface area contributed by atoms with Gasteiger partial charge in [0, 0.05) is 0 Å². The van der Waals surface area contributed by atoms with Crippen LogP contribution in [0.3, 0.4) is 0 Å². The smallest absolute Gasteiger partial charge is 0.337 e. The highest BCUT2D eigenvalue weighted by atomic mass is 16.6. The first-order valence-corrected chi connectivity index (χ1v) is 5.01. The van der Waals surface area contributed by atoms with Crippen LogP contribution in [0.25, 0.3) is 0 Å². The molecule has 9 nitrogen and oxygen atoms in total. The first-order valence-electron chi connectivity index (χ1n) is 5.01. The largest absolute Gasteiger partial charge is 0.461 e. The van der Waals surface area contributed by atoms with Crippen molar-refractivity contribution >= 4 is 11.9 Å². The van der Waals surface area contributed by atoms with Gasteiger partial charge >= 0.3 is 11.9 Å². The van der Waals surface area contributed by atoms with Crippen LogP contribution in [0.2, 0.25) is 0 Å². The van der Waals surface area contributed by atoms with Crippen molar-refractivity contribution in [2.24, 2.45) is 0 Å². The Balaban J connectivity index is 3.81. The lowest BCUT2D eigenvalue weighted by Gasteiger charge is -2.14. The van der Waals surface area contributed by atoms with Crippen molar-refractivity contribution in [3.05, 3.63) is 0 Å². The molecule has 0 aliphatic heterocycles. The molecule has 2 atom stereocenters. The van der Waals surface area contributed by atoms with E-state index in [0.717, 1.165) is 0 Å². The number of carbonyl (C=O) groups excluding carboxylic acids is 2. The highest BCUT2D eigenvalue weighted by Gasteiger charge is 2.19. The number of hydrogen-bond donors (Lipinski definition) is 5. The Morgan fingerprint density at radius 2 is 1.17 bits per heavy atom. The summed E-state index contributed by atoms with van der Waals surface area (Å²) in [6.07, 6.45) is -4.75. The molecule has 0 rings (SSSR count). The molecule has 0 aliphatic carbocycles. The second-order valence-electron chi connectivity index (χ2n) is 3.31. The van der Waals surface area contributed by atoms with Gasteiger partial charge in [-0.15, -0.1) is 0 Å². The zero-order chi connectivity index (χ0) is 14.1. The molecule has 0 amide bonds. The van der Waals surface area contributed by atoms with Gasteiger partial charge in [-0.1, -0.05) is 0 Å². The van der Waals surface area contributed by atoms with Crippen molar-refractivity contribution in [1.82, 2.24) is 0 Å². The Morgan fingerprint density at radius 3 is 1.44 bits per heavy atom. The molecule has 0 bridgehead atoms. The van der Waals surface area contributed by atoms with Crippen molar-refractivity contribution in [1.29, 1.82) is 0 Å². The van der Waals surface area contributed by atoms with Crippen LogP contribution >= 0.6 is 0 Å². The Morgan fingerprint density at radius 1 is 0.833 bits per heavy atom. The lowest BCUT2D eigenvalue weighted by Crippen LogP contribution is -2.33. The van der Waals surface area contributed by atoms with E-state index in [9.17, 15) is 14.7 Å². The van der Waals surface area contributed by atoms with Crippen LogP contribution in [0, 0.1) is 0 Å². The number of carbonyl (C=O) groups is 2. The van der Waals surface area contributed by atoms with Crippen molar-refractivity contribution in [3.8, 4) is 0 Å². The van der Waals surface area contributed by atoms with Crippen LogP contribution in [0.4, 0.5) is 0 Å². The van der Waals surface area contributed by atoms with Crippen molar-refractivity contribution in [2.75, 3.05) is 26.4 Å². The Hall–Kier alpha value is -1.26. The molecule has 0 aliphatic rings. The van der Waals surface area contributed by atoms with E-state index in [4.69, 9.17) is 20.4 Å². The van der Waals surface area contributed by atoms with Crippen LogP contribution in [0.5, 0.6) is 0 Å². The van der Waals surface area contributed by atoms with Crippen LogP contribution in [0.1, 0.15) is 0 Å². The molecule has 0 heterocycles. The molecule has 106 valence electrons. The molecule has 5 N–H and O–H groups in total. The van der Waals surface area contributed by atoms with E-state index < -0.39 is 56.7 Å². The third-order valence-corrected chi connectivity index (χ3v) is 1.73. The summed E-state index contributed by atoms with van der Waals surface area (Å²) in [4.78, 5) is 21.7. The zero-order valence-electron chi connectivity index (χ0n) is 9.43. The highest BCUT2D eigenvalue weighted by Crippen LogP contribution is 1.94. The van der Waals surface area contributed by atoms with Gasteiger partial charge in [0.15, 0.2) is 12.2 Å². The molecule has 0 aromatic rings. The third-order valence-electron chi connectivity index (χ3n) is 1.73. The predicted molar refractivity (Wildman–Crippen MR) is 54.1 cm³/mol. The molecule has 2 unspecified atom stereocenters. The summed E-state index contributed by atoms with van der Waals surface area (Å²) in [6, 6.07) is 0. The molecule has 0 saturated heterocycles. The first kappa shape index (κ1) is 16.7. The topological polar surface area (TPSA) is 154 Å². The van der Waals surface area contributed by atoms with Gasteiger partial charge in [-0.2, -0.15) is 0 Å². The minimum absolute atomic E-state index is 0.557. The van der Waals surface area contributed by atoms with Crippen LogP contribution in [0.15, 0.2) is 0 Å². The van der Waals surface area contributed by atoms with E-state index in [1.807, 2.05) is 0 Å². The molecule has 0 aromatic heterocycles. The predicted octanol–water partition coefficient (Wildman–Crippen LogP) is -3.86. The molecular formula is C9H16O9. The Kier molecular flexibility index (Phi) is 8.16. The fraction of sp³-hybridized carbons (Fsp3) is 0.778. The van der Waals surface area contributed by atoms with Gasteiger partial charge in [0.25, 0.3) is 0 Å². The average molecular weight is 268 g/mol. The Labute approximate surface area is 102 Å². The minimum atomic E-state index is -1.70. The highest BCUT2D eigenvalue weighted by molar-refractivity contribution is 5.75. The van der Waals surface area contributed by atoms with Gasteiger partial charge in [0.2, 0.25) is 0 Å². The summed E-state index contributed by atoms with van der Waals surface area (Å²) in [7, 11) is 0. The summed E-state index contributed by atoms with van der Waals surface area (Å²) in [6.45, 7) is -2.74. The van der Waals surface area contributed by atoms with Crippen LogP contribution < -0.4 is 0 Å². The number of hydrogen-bond acceptors (Lipinski definition) is 9. The van der Waals surface area contributed by atoms with E-state index >= 15 is 0 Å². The maximum Gasteiger partial charge on any atom is 0.337 e. The van der Waals surface area contributed by atoms with Gasteiger partial charge < -0.3 is 35.0 Å². The van der Waals surface area contributed by atoms with Gasteiger partial charge in [-0.3, -0.25) is 0 Å². The summed E-state index contributed by atoms with van der Waals surface area (Å²) >= 11 is 0. The molecular weight excluding hydrogens is 252 g/mol.